The van der Waals surface area contributed by atoms with Gasteiger partial charge in [0.05, 0.1) is 28.1 Å². The smallest absolute Gasteiger partial charge is 0.312 e. The number of ether oxygens (including phenoxy) is 1. The molecule has 9 heteroatoms. The highest BCUT2D eigenvalue weighted by atomic mass is 79.9. The van der Waals surface area contributed by atoms with Gasteiger partial charge in [0.1, 0.15) is 5.82 Å². The zero-order valence-corrected chi connectivity index (χ0v) is 20.8. The largest absolute Gasteiger partial charge is 0.483 e. The topological polar surface area (TPSA) is 99.6 Å². The Labute approximate surface area is 205 Å². The fourth-order valence-electron chi connectivity index (χ4n) is 4.24. The second-order valence-electron chi connectivity index (χ2n) is 8.62. The average molecular weight is 527 g/mol. The maximum absolute atomic E-state index is 13.4. The molecule has 1 atom stereocenters. The molecule has 1 heterocycles. The summed E-state index contributed by atoms with van der Waals surface area (Å²) in [6, 6.07) is 10.4. The van der Waals surface area contributed by atoms with Gasteiger partial charge in [0.2, 0.25) is 5.75 Å². The minimum absolute atomic E-state index is 0.132. The summed E-state index contributed by atoms with van der Waals surface area (Å²) in [6.45, 7) is 3.80. The Morgan fingerprint density at radius 2 is 2.03 bits per heavy atom. The van der Waals surface area contributed by atoms with Gasteiger partial charge < -0.3 is 4.74 Å². The molecule has 0 radical (unpaired) electrons. The van der Waals surface area contributed by atoms with E-state index >= 15 is 0 Å². The summed E-state index contributed by atoms with van der Waals surface area (Å²) >= 11 is 3.35. The van der Waals surface area contributed by atoms with Gasteiger partial charge in [-0.25, -0.2) is 4.98 Å². The Balaban J connectivity index is 1.87. The van der Waals surface area contributed by atoms with Crippen molar-refractivity contribution >= 4 is 38.7 Å². The Morgan fingerprint density at radius 1 is 1.29 bits per heavy atom. The van der Waals surface area contributed by atoms with Gasteiger partial charge in [-0.1, -0.05) is 54.2 Å². The summed E-state index contributed by atoms with van der Waals surface area (Å²) in [5, 5.41) is 16.7. The number of fused-ring (bicyclic) bond motifs is 1. The van der Waals surface area contributed by atoms with E-state index in [1.807, 2.05) is 26.0 Å². The fourth-order valence-corrected chi connectivity index (χ4v) is 4.71. The van der Waals surface area contributed by atoms with Gasteiger partial charge in [-0.05, 0) is 44.4 Å². The Kier molecular flexibility index (Phi) is 7.41. The van der Waals surface area contributed by atoms with Gasteiger partial charge in [-0.2, -0.15) is 9.78 Å². The van der Waals surface area contributed by atoms with Crippen molar-refractivity contribution in [2.75, 3.05) is 0 Å². The molecule has 0 bridgehead atoms. The van der Waals surface area contributed by atoms with E-state index in [2.05, 4.69) is 21.0 Å². The monoisotopic (exact) mass is 526 g/mol. The molecule has 178 valence electrons. The standard InChI is InChI=1S/C25H27BrN4O4/c1-3-16(2)34-23-18(13-19(26)14-22(23)30(32)33)15-27-29-24(17-9-5-4-6-10-17)28-21-12-8-7-11-20(21)25(29)31/h7-8,11-17H,3-6,9-10H2,1-2H3/t16-/m0/s1. The van der Waals surface area contributed by atoms with Crippen LogP contribution in [-0.2, 0) is 0 Å². The number of hydrogen-bond acceptors (Lipinski definition) is 6. The van der Waals surface area contributed by atoms with Crippen molar-refractivity contribution in [1.29, 1.82) is 0 Å². The molecule has 0 N–H and O–H groups in total. The molecule has 0 unspecified atom stereocenters. The van der Waals surface area contributed by atoms with Gasteiger partial charge in [0.15, 0.2) is 0 Å². The molecule has 8 nitrogen and oxygen atoms in total. The molecule has 0 saturated heterocycles. The Hall–Kier alpha value is -3.07. The van der Waals surface area contributed by atoms with Gasteiger partial charge in [0, 0.05) is 22.0 Å². The number of hydrogen-bond donors (Lipinski definition) is 0. The van der Waals surface area contributed by atoms with Crippen molar-refractivity contribution < 1.29 is 9.66 Å². The first kappa shape index (κ1) is 24.1. The molecule has 1 aliphatic rings. The van der Waals surface area contributed by atoms with Crippen molar-refractivity contribution in [1.82, 2.24) is 9.66 Å². The van der Waals surface area contributed by atoms with Crippen molar-refractivity contribution in [2.24, 2.45) is 5.10 Å². The predicted octanol–water partition coefficient (Wildman–Crippen LogP) is 6.17. The number of nitrogens with zero attached hydrogens (tertiary/aromatic N) is 4. The van der Waals surface area contributed by atoms with Crippen LogP contribution in [0.4, 0.5) is 5.69 Å². The SMILES string of the molecule is CC[C@H](C)Oc1c(C=Nn2c(C3CCCCC3)nc3ccccc3c2=O)cc(Br)cc1[N+](=O)[O-]. The lowest BCUT2D eigenvalue weighted by Crippen LogP contribution is -2.25. The number of para-hydroxylation sites is 1. The number of rotatable bonds is 7. The molecule has 1 fully saturated rings. The predicted molar refractivity (Wildman–Crippen MR) is 136 cm³/mol. The molecule has 1 aromatic heterocycles. The van der Waals surface area contributed by atoms with E-state index in [1.165, 1.54) is 23.4 Å². The summed E-state index contributed by atoms with van der Waals surface area (Å²) in [6.07, 6.45) is 7.16. The molecule has 1 aliphatic carbocycles. The second-order valence-corrected chi connectivity index (χ2v) is 9.54. The molecular weight excluding hydrogens is 500 g/mol. The minimum Gasteiger partial charge on any atom is -0.483 e. The van der Waals surface area contributed by atoms with Crippen LogP contribution in [0.25, 0.3) is 10.9 Å². The lowest BCUT2D eigenvalue weighted by atomic mass is 9.88. The number of benzene rings is 2. The van der Waals surface area contributed by atoms with Crippen LogP contribution in [0.3, 0.4) is 0 Å². The summed E-state index contributed by atoms with van der Waals surface area (Å²) < 4.78 is 7.80. The third-order valence-corrected chi connectivity index (χ3v) is 6.67. The van der Waals surface area contributed by atoms with E-state index in [0.717, 1.165) is 25.7 Å². The van der Waals surface area contributed by atoms with Crippen molar-refractivity contribution in [3.63, 3.8) is 0 Å². The van der Waals surface area contributed by atoms with E-state index in [4.69, 9.17) is 9.72 Å². The lowest BCUT2D eigenvalue weighted by Gasteiger charge is -2.22. The van der Waals surface area contributed by atoms with E-state index in [-0.39, 0.29) is 29.0 Å². The Morgan fingerprint density at radius 3 is 2.74 bits per heavy atom. The molecule has 34 heavy (non-hydrogen) atoms. The van der Waals surface area contributed by atoms with Gasteiger partial charge in [-0.15, -0.1) is 0 Å². The quantitative estimate of drug-likeness (QED) is 0.208. The van der Waals surface area contributed by atoms with E-state index in [1.54, 1.807) is 18.2 Å². The van der Waals surface area contributed by atoms with Gasteiger partial charge in [0.25, 0.3) is 5.56 Å². The van der Waals surface area contributed by atoms with Crippen molar-refractivity contribution in [2.45, 2.75) is 64.4 Å². The molecule has 4 rings (SSSR count). The maximum Gasteiger partial charge on any atom is 0.312 e. The number of nitro benzene ring substituents is 1. The first-order valence-corrected chi connectivity index (χ1v) is 12.4. The van der Waals surface area contributed by atoms with Gasteiger partial charge in [-0.3, -0.25) is 14.9 Å². The van der Waals surface area contributed by atoms with E-state index in [0.29, 0.717) is 33.2 Å². The van der Waals surface area contributed by atoms with Crippen LogP contribution in [0, 0.1) is 10.1 Å². The first-order chi connectivity index (χ1) is 16.4. The first-order valence-electron chi connectivity index (χ1n) is 11.6. The van der Waals surface area contributed by atoms with Crippen LogP contribution in [-0.4, -0.2) is 26.9 Å². The zero-order chi connectivity index (χ0) is 24.2. The van der Waals surface area contributed by atoms with Crippen molar-refractivity contribution in [3.8, 4) is 5.75 Å². The summed E-state index contributed by atoms with van der Waals surface area (Å²) in [5.41, 5.74) is 0.651. The molecule has 3 aromatic rings. The van der Waals surface area contributed by atoms with Crippen LogP contribution < -0.4 is 10.3 Å². The molecule has 0 spiro atoms. The highest BCUT2D eigenvalue weighted by Crippen LogP contribution is 2.35. The van der Waals surface area contributed by atoms with Gasteiger partial charge >= 0.3 is 5.69 Å². The third-order valence-electron chi connectivity index (χ3n) is 6.21. The van der Waals surface area contributed by atoms with E-state index < -0.39 is 4.92 Å². The number of nitro groups is 1. The molecule has 0 aliphatic heterocycles. The molecule has 1 saturated carbocycles. The molecule has 2 aromatic carbocycles. The van der Waals surface area contributed by atoms with Crippen LogP contribution in [0.2, 0.25) is 0 Å². The van der Waals surface area contributed by atoms with E-state index in [9.17, 15) is 14.9 Å². The summed E-state index contributed by atoms with van der Waals surface area (Å²) in [5.74, 6) is 0.900. The van der Waals surface area contributed by atoms with Crippen LogP contribution in [0.15, 0.2) is 50.8 Å². The summed E-state index contributed by atoms with van der Waals surface area (Å²) in [4.78, 5) is 29.5. The zero-order valence-electron chi connectivity index (χ0n) is 19.2. The average Bonchev–Trinajstić information content (AvgIpc) is 2.84. The number of halogens is 1. The normalized spacial score (nSPS) is 15.6. The fraction of sp³-hybridized carbons (Fsp3) is 0.400. The number of aromatic nitrogens is 2. The highest BCUT2D eigenvalue weighted by molar-refractivity contribution is 9.10. The maximum atomic E-state index is 13.4. The highest BCUT2D eigenvalue weighted by Gasteiger charge is 2.24. The van der Waals surface area contributed by atoms with Crippen LogP contribution >= 0.6 is 15.9 Å². The third kappa shape index (κ3) is 5.04. The van der Waals surface area contributed by atoms with Crippen LogP contribution in [0.1, 0.15) is 69.7 Å². The lowest BCUT2D eigenvalue weighted by molar-refractivity contribution is -0.386. The molecule has 0 amide bonds. The summed E-state index contributed by atoms with van der Waals surface area (Å²) in [7, 11) is 0. The van der Waals surface area contributed by atoms with Crippen molar-refractivity contribution in [3.05, 3.63) is 72.7 Å². The Bertz CT molecular complexity index is 1300. The molecular formula is C25H27BrN4O4. The minimum atomic E-state index is -0.475. The van der Waals surface area contributed by atoms with Crippen LogP contribution in [0.5, 0.6) is 5.75 Å². The second kappa shape index (κ2) is 10.5.